The van der Waals surface area contributed by atoms with Crippen LogP contribution in [0.5, 0.6) is 0 Å². The van der Waals surface area contributed by atoms with Crippen molar-refractivity contribution in [2.45, 2.75) is 79.2 Å². The first kappa shape index (κ1) is 26.6. The number of hydrogen-bond donors (Lipinski definition) is 2. The van der Waals surface area contributed by atoms with Crippen molar-refractivity contribution in [3.05, 3.63) is 69.2 Å². The number of aryl methyl sites for hydroxylation is 2. The largest absolute Gasteiger partial charge is 0.395 e. The predicted molar refractivity (Wildman–Crippen MR) is 136 cm³/mol. The van der Waals surface area contributed by atoms with E-state index in [1.807, 2.05) is 25.1 Å². The number of carbonyl (C=O) groups excluding carboxylic acids is 1. The topological polar surface area (TPSA) is 49.3 Å². The third-order valence-electron chi connectivity index (χ3n) is 6.06. The average molecular weight is 458 g/mol. The highest BCUT2D eigenvalue weighted by atomic mass is 35.5. The fourth-order valence-electron chi connectivity index (χ4n) is 4.04. The lowest BCUT2D eigenvalue weighted by Crippen LogP contribution is -2.39. The van der Waals surface area contributed by atoms with Crippen LogP contribution in [0.3, 0.4) is 0 Å². The van der Waals surface area contributed by atoms with E-state index in [4.69, 9.17) is 11.6 Å². The number of benzene rings is 2. The first-order valence-electron chi connectivity index (χ1n) is 11.7. The number of hydrogen-bond acceptors (Lipinski definition) is 3. The van der Waals surface area contributed by atoms with Gasteiger partial charge in [-0.15, -0.1) is 0 Å². The summed E-state index contributed by atoms with van der Waals surface area (Å²) < 4.78 is 0. The van der Waals surface area contributed by atoms with Gasteiger partial charge in [0, 0.05) is 17.5 Å². The van der Waals surface area contributed by atoms with Crippen molar-refractivity contribution in [2.24, 2.45) is 5.41 Å². The minimum atomic E-state index is -0.167. The SMILES string of the molecule is Cc1cccc(Cl)c1CC(=O)CN[C@@H](CO)Cc1c(CCC(C)(C)C)cccc1C(C)C. The molecule has 176 valence electrons. The van der Waals surface area contributed by atoms with Gasteiger partial charge < -0.3 is 10.4 Å². The predicted octanol–water partition coefficient (Wildman–Crippen LogP) is 6.06. The summed E-state index contributed by atoms with van der Waals surface area (Å²) in [6.07, 6.45) is 3.13. The van der Waals surface area contributed by atoms with E-state index in [0.29, 0.717) is 23.8 Å². The number of carbonyl (C=O) groups is 1. The van der Waals surface area contributed by atoms with E-state index in [1.54, 1.807) is 0 Å². The molecule has 0 aromatic heterocycles. The molecule has 2 rings (SSSR count). The van der Waals surface area contributed by atoms with E-state index in [9.17, 15) is 9.90 Å². The summed E-state index contributed by atoms with van der Waals surface area (Å²) in [6, 6.07) is 12.1. The van der Waals surface area contributed by atoms with Crippen molar-refractivity contribution in [1.82, 2.24) is 5.32 Å². The van der Waals surface area contributed by atoms with Crippen LogP contribution in [0.15, 0.2) is 36.4 Å². The Labute approximate surface area is 199 Å². The molecule has 32 heavy (non-hydrogen) atoms. The van der Waals surface area contributed by atoms with Crippen LogP contribution in [0, 0.1) is 12.3 Å². The summed E-state index contributed by atoms with van der Waals surface area (Å²) in [4.78, 5) is 12.6. The first-order chi connectivity index (χ1) is 15.0. The van der Waals surface area contributed by atoms with Gasteiger partial charge in [0.2, 0.25) is 0 Å². The van der Waals surface area contributed by atoms with Crippen molar-refractivity contribution >= 4 is 17.4 Å². The second-order valence-corrected chi connectivity index (χ2v) is 10.8. The summed E-state index contributed by atoms with van der Waals surface area (Å²) in [5.74, 6) is 0.480. The minimum absolute atomic E-state index is 0.0104. The monoisotopic (exact) mass is 457 g/mol. The molecule has 0 spiro atoms. The summed E-state index contributed by atoms with van der Waals surface area (Å²) in [5, 5.41) is 14.0. The Bertz CT molecular complexity index is 879. The molecule has 0 fully saturated rings. The van der Waals surface area contributed by atoms with Crippen molar-refractivity contribution in [3.8, 4) is 0 Å². The molecule has 2 aromatic rings. The quantitative estimate of drug-likeness (QED) is 0.431. The van der Waals surface area contributed by atoms with E-state index in [2.05, 4.69) is 58.1 Å². The van der Waals surface area contributed by atoms with Crippen molar-refractivity contribution < 1.29 is 9.90 Å². The van der Waals surface area contributed by atoms with Crippen LogP contribution in [0.25, 0.3) is 0 Å². The average Bonchev–Trinajstić information content (AvgIpc) is 2.71. The van der Waals surface area contributed by atoms with Crippen LogP contribution in [-0.4, -0.2) is 30.1 Å². The van der Waals surface area contributed by atoms with Crippen LogP contribution in [0.2, 0.25) is 5.02 Å². The van der Waals surface area contributed by atoms with Crippen molar-refractivity contribution in [2.75, 3.05) is 13.2 Å². The summed E-state index contributed by atoms with van der Waals surface area (Å²) >= 11 is 6.28. The molecule has 2 aromatic carbocycles. The van der Waals surface area contributed by atoms with E-state index < -0.39 is 0 Å². The Hall–Kier alpha value is -1.68. The van der Waals surface area contributed by atoms with Gasteiger partial charge >= 0.3 is 0 Å². The van der Waals surface area contributed by atoms with Gasteiger partial charge in [0.05, 0.1) is 13.2 Å². The molecule has 4 heteroatoms. The van der Waals surface area contributed by atoms with Crippen LogP contribution < -0.4 is 5.32 Å². The third kappa shape index (κ3) is 8.03. The Morgan fingerprint density at radius 3 is 2.38 bits per heavy atom. The molecule has 0 aliphatic rings. The molecule has 0 bridgehead atoms. The Kier molecular flexibility index (Phi) is 9.94. The van der Waals surface area contributed by atoms with Gasteiger partial charge in [0.25, 0.3) is 0 Å². The molecule has 2 N–H and O–H groups in total. The lowest BCUT2D eigenvalue weighted by Gasteiger charge is -2.24. The fourth-order valence-corrected chi connectivity index (χ4v) is 4.33. The Morgan fingerprint density at radius 1 is 1.09 bits per heavy atom. The number of nitrogens with one attached hydrogen (secondary N) is 1. The second kappa shape index (κ2) is 12.0. The first-order valence-corrected chi connectivity index (χ1v) is 12.1. The van der Waals surface area contributed by atoms with E-state index in [-0.39, 0.29) is 30.4 Å². The normalized spacial score (nSPS) is 12.9. The number of ketones is 1. The van der Waals surface area contributed by atoms with Crippen LogP contribution in [0.1, 0.15) is 74.8 Å². The highest BCUT2D eigenvalue weighted by Gasteiger charge is 2.19. The van der Waals surface area contributed by atoms with E-state index >= 15 is 0 Å². The molecule has 0 aliphatic carbocycles. The van der Waals surface area contributed by atoms with E-state index in [1.165, 1.54) is 16.7 Å². The zero-order chi connectivity index (χ0) is 23.9. The molecule has 0 heterocycles. The van der Waals surface area contributed by atoms with E-state index in [0.717, 1.165) is 24.0 Å². The van der Waals surface area contributed by atoms with Gasteiger partial charge in [0.15, 0.2) is 5.78 Å². The Balaban J connectivity index is 2.11. The number of Topliss-reactive ketones (excluding diaryl/α,β-unsaturated/α-hetero) is 1. The maximum Gasteiger partial charge on any atom is 0.151 e. The highest BCUT2D eigenvalue weighted by Crippen LogP contribution is 2.28. The Morgan fingerprint density at radius 2 is 1.78 bits per heavy atom. The van der Waals surface area contributed by atoms with Gasteiger partial charge in [0.1, 0.15) is 0 Å². The van der Waals surface area contributed by atoms with Crippen molar-refractivity contribution in [1.29, 1.82) is 0 Å². The summed E-state index contributed by atoms with van der Waals surface area (Å²) in [5.41, 5.74) is 6.17. The van der Waals surface area contributed by atoms with Crippen LogP contribution in [-0.2, 0) is 24.1 Å². The number of aliphatic hydroxyl groups excluding tert-OH is 1. The standard InChI is InChI=1S/C28H40ClNO2/c1-19(2)24-11-8-10-21(13-14-28(4,5)6)26(24)15-22(18-31)30-17-23(32)16-25-20(3)9-7-12-27(25)29/h7-12,19,22,30-31H,13-18H2,1-6H3/t22-/m1/s1. The van der Waals surface area contributed by atoms with Crippen LogP contribution in [0.4, 0.5) is 0 Å². The van der Waals surface area contributed by atoms with Gasteiger partial charge in [-0.25, -0.2) is 0 Å². The summed E-state index contributed by atoms with van der Waals surface area (Å²) in [6.45, 7) is 13.4. The molecular formula is C28H40ClNO2. The van der Waals surface area contributed by atoms with Gasteiger partial charge in [-0.05, 0) is 71.4 Å². The molecular weight excluding hydrogens is 418 g/mol. The zero-order valence-corrected chi connectivity index (χ0v) is 21.4. The molecule has 0 radical (unpaired) electrons. The molecule has 1 atom stereocenters. The minimum Gasteiger partial charge on any atom is -0.395 e. The molecule has 3 nitrogen and oxygen atoms in total. The number of halogens is 1. The molecule has 0 saturated carbocycles. The molecule has 0 saturated heterocycles. The van der Waals surface area contributed by atoms with Crippen LogP contribution >= 0.6 is 11.6 Å². The van der Waals surface area contributed by atoms with Crippen molar-refractivity contribution in [3.63, 3.8) is 0 Å². The van der Waals surface area contributed by atoms with Gasteiger partial charge in [-0.2, -0.15) is 0 Å². The van der Waals surface area contributed by atoms with Gasteiger partial charge in [-0.3, -0.25) is 4.79 Å². The fraction of sp³-hybridized carbons (Fsp3) is 0.536. The second-order valence-electron chi connectivity index (χ2n) is 10.4. The maximum atomic E-state index is 12.6. The maximum absolute atomic E-state index is 12.6. The molecule has 0 unspecified atom stereocenters. The smallest absolute Gasteiger partial charge is 0.151 e. The lowest BCUT2D eigenvalue weighted by atomic mass is 9.84. The van der Waals surface area contributed by atoms with Gasteiger partial charge in [-0.1, -0.05) is 76.6 Å². The number of aliphatic hydroxyl groups is 1. The highest BCUT2D eigenvalue weighted by molar-refractivity contribution is 6.31. The molecule has 0 amide bonds. The molecule has 0 aliphatic heterocycles. The third-order valence-corrected chi connectivity index (χ3v) is 6.42. The zero-order valence-electron chi connectivity index (χ0n) is 20.6. The summed E-state index contributed by atoms with van der Waals surface area (Å²) in [7, 11) is 0. The lowest BCUT2D eigenvalue weighted by molar-refractivity contribution is -0.117. The number of rotatable bonds is 11.